The summed E-state index contributed by atoms with van der Waals surface area (Å²) in [6.07, 6.45) is 0. The van der Waals surface area contributed by atoms with Crippen LogP contribution in [0.25, 0.3) is 155 Å². The van der Waals surface area contributed by atoms with Gasteiger partial charge in [-0.1, -0.05) is 212 Å². The molecule has 21 aromatic rings. The Hall–Kier alpha value is -14.6. The van der Waals surface area contributed by atoms with Gasteiger partial charge in [-0.3, -0.25) is 0 Å². The maximum Gasteiger partial charge on any atom is 0.160 e. The molecule has 0 fully saturated rings. The molecular formula is C100H66N8. The molecule has 21 rings (SSSR count). The standard InChI is InChI=1S/C100H66N8/c1-6-30-72(31-7-1)103(73-32-8-2-9-33-73)80-53-57-98-88(64-80)84-45-18-22-49-94(84)107(98)78-41-25-28-70(60-78)91-66-90(101-100(102-91)71-29-26-42-79(61-71)108-95-50-23-19-46-85(95)89-65-81(54-58-99(89)108)104(74-34-10-3-11-35-74)75-36-12-4-13-37-75)69-27-24-40-77(59-69)106-93-48-21-17-44-83(93)87-63-68(52-56-97(87)106)67-51-55-96-86(62-67)82-43-16-20-47-92(82)105(96)76-38-14-5-15-39-76/h1-66H. The zero-order valence-electron chi connectivity index (χ0n) is 58.7. The molecule has 108 heavy (non-hydrogen) atoms. The molecule has 0 unspecified atom stereocenters. The number of para-hydroxylation sites is 9. The van der Waals surface area contributed by atoms with Gasteiger partial charge in [0.15, 0.2) is 5.82 Å². The number of rotatable bonds is 14. The first kappa shape index (κ1) is 62.0. The zero-order chi connectivity index (χ0) is 71.2. The van der Waals surface area contributed by atoms with E-state index in [1.54, 1.807) is 0 Å². The molecule has 0 N–H and O–H groups in total. The third kappa shape index (κ3) is 10.4. The van der Waals surface area contributed by atoms with Crippen LogP contribution in [0.1, 0.15) is 0 Å². The Morgan fingerprint density at radius 1 is 0.167 bits per heavy atom. The highest BCUT2D eigenvalue weighted by Crippen LogP contribution is 2.45. The van der Waals surface area contributed by atoms with Crippen molar-refractivity contribution in [3.63, 3.8) is 0 Å². The highest BCUT2D eigenvalue weighted by molar-refractivity contribution is 6.15. The summed E-state index contributed by atoms with van der Waals surface area (Å²) < 4.78 is 9.58. The van der Waals surface area contributed by atoms with Crippen LogP contribution in [0, 0.1) is 0 Å². The average molecular weight is 1380 g/mol. The van der Waals surface area contributed by atoms with E-state index in [4.69, 9.17) is 9.97 Å². The maximum absolute atomic E-state index is 5.66. The first-order valence-corrected chi connectivity index (χ1v) is 36.8. The van der Waals surface area contributed by atoms with Gasteiger partial charge in [0.05, 0.1) is 55.5 Å². The minimum atomic E-state index is 0.613. The second kappa shape index (κ2) is 25.7. The Kier molecular flexibility index (Phi) is 14.7. The Balaban J connectivity index is 0.709. The molecule has 0 radical (unpaired) electrons. The number of aromatic nitrogens is 6. The lowest BCUT2D eigenvalue weighted by molar-refractivity contribution is 1.15. The van der Waals surface area contributed by atoms with Gasteiger partial charge in [0.25, 0.3) is 0 Å². The minimum Gasteiger partial charge on any atom is -0.310 e. The van der Waals surface area contributed by atoms with E-state index in [9.17, 15) is 0 Å². The Morgan fingerprint density at radius 2 is 0.444 bits per heavy atom. The SMILES string of the molecule is c1ccc(N(c2ccccc2)c2ccc3c(c2)c2ccccc2n3-c2cccc(-c3cc(-c4cccc(-n5c6ccccc6c6cc(-c7ccc8c(c7)c7ccccc7n8-c7ccccc7)ccc65)c4)nc(-c4cccc(-n5c6ccccc6c6cc(N(c7ccccc7)c7ccccc7)ccc65)c4)n3)c2)cc1. The van der Waals surface area contributed by atoms with E-state index < -0.39 is 0 Å². The molecular weight excluding hydrogens is 1310 g/mol. The predicted molar refractivity (Wildman–Crippen MR) is 450 cm³/mol. The predicted octanol–water partition coefficient (Wildman–Crippen LogP) is 26.5. The maximum atomic E-state index is 5.66. The van der Waals surface area contributed by atoms with Crippen molar-refractivity contribution >= 4 is 121 Å². The minimum absolute atomic E-state index is 0.613. The first-order valence-electron chi connectivity index (χ1n) is 36.8. The van der Waals surface area contributed by atoms with E-state index in [1.807, 2.05) is 0 Å². The Labute approximate surface area is 623 Å². The van der Waals surface area contributed by atoms with E-state index in [0.29, 0.717) is 5.82 Å². The molecule has 8 heteroatoms. The summed E-state index contributed by atoms with van der Waals surface area (Å²) in [5.41, 5.74) is 26.5. The zero-order valence-corrected chi connectivity index (χ0v) is 58.7. The van der Waals surface area contributed by atoms with Crippen molar-refractivity contribution in [1.82, 2.24) is 28.2 Å². The summed E-state index contributed by atoms with van der Waals surface area (Å²) in [5.74, 6) is 0.613. The number of anilines is 6. The molecule has 506 valence electrons. The average Bonchev–Trinajstić information content (AvgIpc) is 1.59. The molecule has 5 aromatic heterocycles. The molecule has 0 spiro atoms. The van der Waals surface area contributed by atoms with Crippen molar-refractivity contribution in [3.05, 3.63) is 400 Å². The summed E-state index contributed by atoms with van der Waals surface area (Å²) in [6.45, 7) is 0. The van der Waals surface area contributed by atoms with Gasteiger partial charge in [-0.15, -0.1) is 0 Å². The number of benzene rings is 16. The summed E-state index contributed by atoms with van der Waals surface area (Å²) in [4.78, 5) is 16.0. The smallest absolute Gasteiger partial charge is 0.160 e. The topological polar surface area (TPSA) is 52.0 Å². The van der Waals surface area contributed by atoms with Crippen LogP contribution in [0.4, 0.5) is 34.1 Å². The molecule has 5 heterocycles. The quantitative estimate of drug-likeness (QED) is 0.109. The first-order chi connectivity index (χ1) is 53.6. The van der Waals surface area contributed by atoms with Crippen molar-refractivity contribution in [1.29, 1.82) is 0 Å². The van der Waals surface area contributed by atoms with Gasteiger partial charge in [-0.25, -0.2) is 9.97 Å². The summed E-state index contributed by atoms with van der Waals surface area (Å²) in [5, 5.41) is 9.47. The van der Waals surface area contributed by atoms with Crippen LogP contribution in [0.15, 0.2) is 400 Å². The van der Waals surface area contributed by atoms with Gasteiger partial charge in [0, 0.05) is 117 Å². The molecule has 16 aromatic carbocycles. The second-order valence-electron chi connectivity index (χ2n) is 27.7. The number of hydrogen-bond donors (Lipinski definition) is 0. The van der Waals surface area contributed by atoms with Crippen LogP contribution >= 0.6 is 0 Å². The highest BCUT2D eigenvalue weighted by atomic mass is 15.2. The number of fused-ring (bicyclic) bond motifs is 12. The fourth-order valence-electron chi connectivity index (χ4n) is 16.7. The van der Waals surface area contributed by atoms with Crippen LogP contribution in [-0.4, -0.2) is 28.2 Å². The van der Waals surface area contributed by atoms with Crippen LogP contribution in [0.5, 0.6) is 0 Å². The Bertz CT molecular complexity index is 6710. The lowest BCUT2D eigenvalue weighted by atomic mass is 10.0. The molecule has 8 nitrogen and oxygen atoms in total. The lowest BCUT2D eigenvalue weighted by Gasteiger charge is -2.25. The third-order valence-electron chi connectivity index (χ3n) is 21.5. The number of hydrogen-bond acceptors (Lipinski definition) is 4. The fraction of sp³-hybridized carbons (Fsp3) is 0. The highest BCUT2D eigenvalue weighted by Gasteiger charge is 2.24. The molecule has 0 bridgehead atoms. The van der Waals surface area contributed by atoms with Gasteiger partial charge in [0.2, 0.25) is 0 Å². The summed E-state index contributed by atoms with van der Waals surface area (Å²) >= 11 is 0. The molecule has 0 aliphatic carbocycles. The van der Waals surface area contributed by atoms with Gasteiger partial charge in [-0.05, 0) is 199 Å². The third-order valence-corrected chi connectivity index (χ3v) is 21.5. The van der Waals surface area contributed by atoms with Crippen LogP contribution in [0.2, 0.25) is 0 Å². The van der Waals surface area contributed by atoms with Gasteiger partial charge in [-0.2, -0.15) is 0 Å². The molecule has 0 aliphatic rings. The van der Waals surface area contributed by atoms with Gasteiger partial charge >= 0.3 is 0 Å². The molecule has 0 atom stereocenters. The fourth-order valence-corrected chi connectivity index (χ4v) is 16.7. The van der Waals surface area contributed by atoms with Crippen LogP contribution < -0.4 is 9.80 Å². The monoisotopic (exact) mass is 1380 g/mol. The normalized spacial score (nSPS) is 11.7. The van der Waals surface area contributed by atoms with Crippen LogP contribution in [-0.2, 0) is 0 Å². The second-order valence-corrected chi connectivity index (χ2v) is 27.7. The molecule has 0 aliphatic heterocycles. The molecule has 0 amide bonds. The number of nitrogens with zero attached hydrogens (tertiary/aromatic N) is 8. The van der Waals surface area contributed by atoms with E-state index in [-0.39, 0.29) is 0 Å². The summed E-state index contributed by atoms with van der Waals surface area (Å²) in [6, 6.07) is 145. The van der Waals surface area contributed by atoms with Crippen molar-refractivity contribution in [2.24, 2.45) is 0 Å². The summed E-state index contributed by atoms with van der Waals surface area (Å²) in [7, 11) is 0. The van der Waals surface area contributed by atoms with Gasteiger partial charge in [0.1, 0.15) is 0 Å². The van der Waals surface area contributed by atoms with Crippen molar-refractivity contribution in [2.45, 2.75) is 0 Å². The lowest BCUT2D eigenvalue weighted by Crippen LogP contribution is -2.09. The largest absolute Gasteiger partial charge is 0.310 e. The van der Waals surface area contributed by atoms with Gasteiger partial charge < -0.3 is 28.1 Å². The Morgan fingerprint density at radius 3 is 0.815 bits per heavy atom. The van der Waals surface area contributed by atoms with Crippen molar-refractivity contribution in [3.8, 4) is 67.8 Å². The molecule has 0 saturated carbocycles. The van der Waals surface area contributed by atoms with Crippen LogP contribution in [0.3, 0.4) is 0 Å². The van der Waals surface area contributed by atoms with E-state index in [2.05, 4.69) is 428 Å². The van der Waals surface area contributed by atoms with E-state index >= 15 is 0 Å². The van der Waals surface area contributed by atoms with Crippen molar-refractivity contribution < 1.29 is 0 Å². The van der Waals surface area contributed by atoms with E-state index in [1.165, 1.54) is 43.5 Å². The molecule has 0 saturated heterocycles. The van der Waals surface area contributed by atoms with E-state index in [0.717, 1.165) is 140 Å². The van der Waals surface area contributed by atoms with Crippen molar-refractivity contribution in [2.75, 3.05) is 9.80 Å².